The highest BCUT2D eigenvalue weighted by Crippen LogP contribution is 2.14. The molecule has 0 saturated heterocycles. The van der Waals surface area contributed by atoms with Gasteiger partial charge in [-0.3, -0.25) is 9.52 Å². The molecule has 0 saturated carbocycles. The second kappa shape index (κ2) is 6.20. The number of hydrogen-bond donors (Lipinski definition) is 2. The quantitative estimate of drug-likeness (QED) is 0.687. The van der Waals surface area contributed by atoms with Crippen molar-refractivity contribution in [3.05, 3.63) is 24.3 Å². The first-order valence-electron chi connectivity index (χ1n) is 5.34. The fraction of sp³-hybridized carbons (Fsp3) is 0.300. The number of benzene rings is 1. The predicted octanol–water partition coefficient (Wildman–Crippen LogP) is -0.361. The molecule has 0 atom stereocenters. The van der Waals surface area contributed by atoms with E-state index in [0.29, 0.717) is 0 Å². The summed E-state index contributed by atoms with van der Waals surface area (Å²) in [5, 5.41) is 4.91. The summed E-state index contributed by atoms with van der Waals surface area (Å²) in [6.07, 6.45) is -0.277. The Bertz CT molecular complexity index is 679. The fourth-order valence-corrected chi connectivity index (χ4v) is 2.81. The van der Waals surface area contributed by atoms with E-state index in [9.17, 15) is 21.6 Å². The van der Waals surface area contributed by atoms with Crippen molar-refractivity contribution in [1.82, 2.24) is 0 Å². The van der Waals surface area contributed by atoms with Crippen molar-refractivity contribution in [2.24, 2.45) is 5.14 Å². The molecule has 0 heterocycles. The average molecular weight is 322 g/mol. The van der Waals surface area contributed by atoms with Crippen molar-refractivity contribution in [3.8, 4) is 0 Å². The Kier molecular flexibility index (Phi) is 5.09. The maximum Gasteiger partial charge on any atom is 0.306 e. The molecule has 0 bridgehead atoms. The van der Waals surface area contributed by atoms with Crippen LogP contribution in [0.15, 0.2) is 29.2 Å². The van der Waals surface area contributed by atoms with Crippen LogP contribution in [0, 0.1) is 0 Å². The molecule has 8 nitrogen and oxygen atoms in total. The van der Waals surface area contributed by atoms with Gasteiger partial charge in [-0.05, 0) is 24.3 Å². The summed E-state index contributed by atoms with van der Waals surface area (Å²) >= 11 is 0. The van der Waals surface area contributed by atoms with Crippen LogP contribution in [0.2, 0.25) is 0 Å². The van der Waals surface area contributed by atoms with Crippen molar-refractivity contribution >= 4 is 31.7 Å². The van der Waals surface area contributed by atoms with E-state index in [1.807, 2.05) is 0 Å². The lowest BCUT2D eigenvalue weighted by atomic mass is 10.3. The Hall–Kier alpha value is -1.65. The first-order valence-corrected chi connectivity index (χ1v) is 8.54. The van der Waals surface area contributed by atoms with Crippen LogP contribution in [0.5, 0.6) is 0 Å². The predicted molar refractivity (Wildman–Crippen MR) is 71.9 cm³/mol. The van der Waals surface area contributed by atoms with Gasteiger partial charge in [-0.2, -0.15) is 0 Å². The molecule has 0 radical (unpaired) electrons. The summed E-state index contributed by atoms with van der Waals surface area (Å²) in [5.41, 5.74) is 0.169. The summed E-state index contributed by atoms with van der Waals surface area (Å²) in [5.74, 6) is -1.07. The highest BCUT2D eigenvalue weighted by Gasteiger charge is 2.14. The molecule has 0 spiro atoms. The zero-order valence-corrected chi connectivity index (χ0v) is 12.2. The Labute approximate surface area is 117 Å². The third-order valence-corrected chi connectivity index (χ3v) is 4.48. The van der Waals surface area contributed by atoms with E-state index < -0.39 is 31.8 Å². The molecule has 0 amide bonds. The highest BCUT2D eigenvalue weighted by atomic mass is 32.2. The van der Waals surface area contributed by atoms with E-state index in [1.165, 1.54) is 24.3 Å². The normalized spacial score (nSPS) is 11.9. The lowest BCUT2D eigenvalue weighted by molar-refractivity contribution is -0.140. The molecule has 0 aliphatic heterocycles. The molecule has 1 aromatic rings. The van der Waals surface area contributed by atoms with Crippen molar-refractivity contribution in [2.75, 3.05) is 17.6 Å². The Balaban J connectivity index is 2.76. The molecule has 0 aliphatic rings. The molecule has 0 unspecified atom stereocenters. The van der Waals surface area contributed by atoms with Gasteiger partial charge >= 0.3 is 5.97 Å². The van der Waals surface area contributed by atoms with Gasteiger partial charge in [0.1, 0.15) is 0 Å². The van der Waals surface area contributed by atoms with E-state index in [1.54, 1.807) is 0 Å². The van der Waals surface area contributed by atoms with Crippen LogP contribution in [0.25, 0.3) is 0 Å². The molecular weight excluding hydrogens is 308 g/mol. The fourth-order valence-electron chi connectivity index (χ4n) is 1.26. The first-order chi connectivity index (χ1) is 9.14. The van der Waals surface area contributed by atoms with Gasteiger partial charge in [0.05, 0.1) is 24.2 Å². The summed E-state index contributed by atoms with van der Waals surface area (Å²) in [4.78, 5) is 10.7. The van der Waals surface area contributed by atoms with Crippen LogP contribution in [-0.2, 0) is 29.6 Å². The van der Waals surface area contributed by atoms with Gasteiger partial charge < -0.3 is 4.74 Å². The number of methoxy groups -OCH3 is 1. The zero-order valence-electron chi connectivity index (χ0n) is 10.6. The third-order valence-electron chi connectivity index (χ3n) is 2.26. The third kappa shape index (κ3) is 5.15. The standard InChI is InChI=1S/C10H14N2O6S2/c1-18-10(13)6-7-19(14,15)12-8-2-4-9(5-3-8)20(11,16)17/h2-5,12H,6-7H2,1H3,(H2,11,16,17). The number of primary sulfonamides is 1. The summed E-state index contributed by atoms with van der Waals surface area (Å²) in [6, 6.07) is 4.87. The van der Waals surface area contributed by atoms with Gasteiger partial charge in [0, 0.05) is 5.69 Å². The second-order valence-corrected chi connectivity index (χ2v) is 7.22. The molecule has 1 aromatic carbocycles. The van der Waals surface area contributed by atoms with Crippen LogP contribution in [0.1, 0.15) is 6.42 Å². The molecule has 112 valence electrons. The molecule has 3 N–H and O–H groups in total. The Morgan fingerprint density at radius 3 is 2.20 bits per heavy atom. The molecule has 0 aromatic heterocycles. The lowest BCUT2D eigenvalue weighted by Crippen LogP contribution is -2.19. The van der Waals surface area contributed by atoms with Crippen LogP contribution in [-0.4, -0.2) is 35.7 Å². The molecule has 0 aliphatic carbocycles. The van der Waals surface area contributed by atoms with Crippen molar-refractivity contribution < 1.29 is 26.4 Å². The number of carbonyl (C=O) groups excluding carboxylic acids is 1. The number of nitrogens with one attached hydrogen (secondary N) is 1. The van der Waals surface area contributed by atoms with E-state index in [-0.39, 0.29) is 17.0 Å². The van der Waals surface area contributed by atoms with Gasteiger partial charge in [-0.1, -0.05) is 0 Å². The van der Waals surface area contributed by atoms with Crippen LogP contribution in [0.4, 0.5) is 5.69 Å². The zero-order chi connectivity index (χ0) is 15.4. The average Bonchev–Trinajstić information content (AvgIpc) is 2.35. The van der Waals surface area contributed by atoms with Crippen molar-refractivity contribution in [1.29, 1.82) is 0 Å². The number of hydrogen-bond acceptors (Lipinski definition) is 6. The molecule has 20 heavy (non-hydrogen) atoms. The Morgan fingerprint density at radius 2 is 1.75 bits per heavy atom. The largest absolute Gasteiger partial charge is 0.469 e. The number of anilines is 1. The maximum absolute atomic E-state index is 11.6. The maximum atomic E-state index is 11.6. The van der Waals surface area contributed by atoms with E-state index in [4.69, 9.17) is 5.14 Å². The molecule has 1 rings (SSSR count). The van der Waals surface area contributed by atoms with E-state index >= 15 is 0 Å². The second-order valence-electron chi connectivity index (χ2n) is 3.82. The molecule has 0 fully saturated rings. The number of ether oxygens (including phenoxy) is 1. The SMILES string of the molecule is COC(=O)CCS(=O)(=O)Nc1ccc(S(N)(=O)=O)cc1. The topological polar surface area (TPSA) is 133 Å². The minimum absolute atomic E-state index is 0.130. The lowest BCUT2D eigenvalue weighted by Gasteiger charge is -2.07. The number of carbonyl (C=O) groups is 1. The minimum Gasteiger partial charge on any atom is -0.469 e. The van der Waals surface area contributed by atoms with Crippen LogP contribution in [0.3, 0.4) is 0 Å². The van der Waals surface area contributed by atoms with Crippen LogP contribution >= 0.6 is 0 Å². The molecular formula is C10H14N2O6S2. The number of esters is 1. The first kappa shape index (κ1) is 16.4. The van der Waals surface area contributed by atoms with E-state index in [2.05, 4.69) is 9.46 Å². The van der Waals surface area contributed by atoms with Crippen LogP contribution < -0.4 is 9.86 Å². The monoisotopic (exact) mass is 322 g/mol. The number of nitrogens with two attached hydrogens (primary N) is 1. The van der Waals surface area contributed by atoms with E-state index in [0.717, 1.165) is 7.11 Å². The van der Waals surface area contributed by atoms with Crippen molar-refractivity contribution in [2.45, 2.75) is 11.3 Å². The van der Waals surface area contributed by atoms with Gasteiger partial charge in [0.15, 0.2) is 0 Å². The van der Waals surface area contributed by atoms with Gasteiger partial charge in [-0.25, -0.2) is 22.0 Å². The summed E-state index contributed by atoms with van der Waals surface area (Å²) in [6.45, 7) is 0. The summed E-state index contributed by atoms with van der Waals surface area (Å²) in [7, 11) is -6.39. The highest BCUT2D eigenvalue weighted by molar-refractivity contribution is 7.92. The minimum atomic E-state index is -3.83. The Morgan fingerprint density at radius 1 is 1.20 bits per heavy atom. The smallest absolute Gasteiger partial charge is 0.306 e. The summed E-state index contributed by atoms with van der Waals surface area (Å²) < 4.78 is 51.9. The van der Waals surface area contributed by atoms with Gasteiger partial charge in [0.2, 0.25) is 20.0 Å². The number of sulfonamides is 2. The van der Waals surface area contributed by atoms with Crippen molar-refractivity contribution in [3.63, 3.8) is 0 Å². The molecule has 10 heteroatoms. The van der Waals surface area contributed by atoms with Gasteiger partial charge in [-0.15, -0.1) is 0 Å². The van der Waals surface area contributed by atoms with Gasteiger partial charge in [0.25, 0.3) is 0 Å². The number of rotatable bonds is 6.